The van der Waals surface area contributed by atoms with Crippen LogP contribution < -0.4 is 5.73 Å². The van der Waals surface area contributed by atoms with Gasteiger partial charge in [-0.15, -0.1) is 0 Å². The number of hydrogen-bond acceptors (Lipinski definition) is 1. The van der Waals surface area contributed by atoms with Crippen molar-refractivity contribution in [3.05, 3.63) is 70.2 Å². The lowest BCUT2D eigenvalue weighted by Gasteiger charge is -2.13. The van der Waals surface area contributed by atoms with Crippen molar-refractivity contribution in [2.75, 3.05) is 0 Å². The largest absolute Gasteiger partial charge is 0.324 e. The molecule has 0 amide bonds. The predicted molar refractivity (Wildman–Crippen MR) is 73.1 cm³/mol. The minimum absolute atomic E-state index is 0.165. The monoisotopic (exact) mass is 281 g/mol. The maximum Gasteiger partial charge on any atom is 0.142 e. The molecule has 2 N–H and O–H groups in total. The molecule has 1 nitrogen and oxygen atoms in total. The quantitative estimate of drug-likeness (QED) is 0.833. The van der Waals surface area contributed by atoms with E-state index in [-0.39, 0.29) is 10.6 Å². The highest BCUT2D eigenvalue weighted by Gasteiger charge is 2.15. The van der Waals surface area contributed by atoms with Crippen molar-refractivity contribution in [3.63, 3.8) is 0 Å². The summed E-state index contributed by atoms with van der Waals surface area (Å²) < 4.78 is 27.0. The van der Waals surface area contributed by atoms with Crippen molar-refractivity contribution < 1.29 is 8.78 Å². The molecule has 0 saturated heterocycles. The van der Waals surface area contributed by atoms with Crippen molar-refractivity contribution in [2.45, 2.75) is 18.9 Å². The molecule has 1 unspecified atom stereocenters. The SMILES string of the molecule is NC(CCc1ccccc1)c1cc(F)c(Cl)cc1F. The molecule has 2 aromatic carbocycles. The topological polar surface area (TPSA) is 26.0 Å². The van der Waals surface area contributed by atoms with Gasteiger partial charge in [0.2, 0.25) is 0 Å². The van der Waals surface area contributed by atoms with Crippen molar-refractivity contribution in [1.29, 1.82) is 0 Å². The van der Waals surface area contributed by atoms with Gasteiger partial charge >= 0.3 is 0 Å². The molecule has 0 aliphatic heterocycles. The lowest BCUT2D eigenvalue weighted by molar-refractivity contribution is 0.548. The Balaban J connectivity index is 2.08. The normalized spacial score (nSPS) is 12.4. The molecule has 0 spiro atoms. The Morgan fingerprint density at radius 2 is 1.74 bits per heavy atom. The first-order chi connectivity index (χ1) is 9.08. The first-order valence-electron chi connectivity index (χ1n) is 6.02. The van der Waals surface area contributed by atoms with Gasteiger partial charge in [-0.25, -0.2) is 8.78 Å². The third-order valence-electron chi connectivity index (χ3n) is 3.03. The van der Waals surface area contributed by atoms with E-state index < -0.39 is 17.7 Å². The van der Waals surface area contributed by atoms with Gasteiger partial charge in [-0.1, -0.05) is 41.9 Å². The first-order valence-corrected chi connectivity index (χ1v) is 6.39. The summed E-state index contributed by atoms with van der Waals surface area (Å²) in [5.41, 5.74) is 7.20. The fraction of sp³-hybridized carbons (Fsp3) is 0.200. The standard InChI is InChI=1S/C15H14ClF2N/c16-12-9-13(17)11(8-14(12)18)15(19)7-6-10-4-2-1-3-5-10/h1-5,8-9,15H,6-7,19H2. The molecule has 0 heterocycles. The van der Waals surface area contributed by atoms with Crippen LogP contribution >= 0.6 is 11.6 Å². The summed E-state index contributed by atoms with van der Waals surface area (Å²) in [6.07, 6.45) is 1.26. The number of halogens is 3. The highest BCUT2D eigenvalue weighted by atomic mass is 35.5. The Morgan fingerprint density at radius 3 is 2.42 bits per heavy atom. The van der Waals surface area contributed by atoms with Gasteiger partial charge in [-0.2, -0.15) is 0 Å². The third kappa shape index (κ3) is 3.52. The summed E-state index contributed by atoms with van der Waals surface area (Å²) in [7, 11) is 0. The van der Waals surface area contributed by atoms with Crippen molar-refractivity contribution in [3.8, 4) is 0 Å². The molecule has 19 heavy (non-hydrogen) atoms. The summed E-state index contributed by atoms with van der Waals surface area (Å²) in [5, 5.41) is -0.225. The summed E-state index contributed by atoms with van der Waals surface area (Å²) in [4.78, 5) is 0. The van der Waals surface area contributed by atoms with E-state index in [0.717, 1.165) is 17.7 Å². The zero-order chi connectivity index (χ0) is 13.8. The molecule has 0 aromatic heterocycles. The van der Waals surface area contributed by atoms with Crippen LogP contribution in [0.2, 0.25) is 5.02 Å². The molecular formula is C15H14ClF2N. The van der Waals surface area contributed by atoms with Gasteiger partial charge in [0.15, 0.2) is 0 Å². The smallest absolute Gasteiger partial charge is 0.142 e. The van der Waals surface area contributed by atoms with Gasteiger partial charge in [-0.05, 0) is 30.5 Å². The highest BCUT2D eigenvalue weighted by molar-refractivity contribution is 6.30. The van der Waals surface area contributed by atoms with Crippen LogP contribution in [0, 0.1) is 11.6 Å². The molecule has 0 bridgehead atoms. The minimum Gasteiger partial charge on any atom is -0.324 e. The van der Waals surface area contributed by atoms with Crippen LogP contribution in [0.4, 0.5) is 8.78 Å². The van der Waals surface area contributed by atoms with Crippen LogP contribution in [0.3, 0.4) is 0 Å². The van der Waals surface area contributed by atoms with Crippen LogP contribution in [-0.2, 0) is 6.42 Å². The van der Waals surface area contributed by atoms with E-state index in [1.54, 1.807) is 0 Å². The molecule has 100 valence electrons. The summed E-state index contributed by atoms with van der Waals surface area (Å²) in [6, 6.07) is 11.2. The van der Waals surface area contributed by atoms with E-state index >= 15 is 0 Å². The maximum absolute atomic E-state index is 13.7. The molecule has 0 fully saturated rings. The molecule has 0 saturated carbocycles. The second-order valence-electron chi connectivity index (χ2n) is 4.42. The molecule has 0 aliphatic carbocycles. The van der Waals surface area contributed by atoms with E-state index in [1.807, 2.05) is 30.3 Å². The Bertz CT molecular complexity index is 558. The molecule has 0 radical (unpaired) electrons. The van der Waals surface area contributed by atoms with Gasteiger partial charge in [0.25, 0.3) is 0 Å². The number of hydrogen-bond donors (Lipinski definition) is 1. The molecular weight excluding hydrogens is 268 g/mol. The highest BCUT2D eigenvalue weighted by Crippen LogP contribution is 2.25. The number of rotatable bonds is 4. The summed E-state index contributed by atoms with van der Waals surface area (Å²) in [5.74, 6) is -1.21. The van der Waals surface area contributed by atoms with Crippen molar-refractivity contribution in [1.82, 2.24) is 0 Å². The fourth-order valence-corrected chi connectivity index (χ4v) is 2.09. The van der Waals surface area contributed by atoms with Crippen LogP contribution in [0.25, 0.3) is 0 Å². The van der Waals surface area contributed by atoms with Gasteiger partial charge in [0.1, 0.15) is 11.6 Å². The summed E-state index contributed by atoms with van der Waals surface area (Å²) in [6.45, 7) is 0. The molecule has 1 atom stereocenters. The van der Waals surface area contributed by atoms with Crippen LogP contribution in [0.1, 0.15) is 23.6 Å². The number of aryl methyl sites for hydroxylation is 1. The lowest BCUT2D eigenvalue weighted by Crippen LogP contribution is -2.13. The molecule has 2 rings (SSSR count). The third-order valence-corrected chi connectivity index (χ3v) is 3.32. The lowest BCUT2D eigenvalue weighted by atomic mass is 9.99. The van der Waals surface area contributed by atoms with Crippen molar-refractivity contribution in [2.24, 2.45) is 5.73 Å². The average molecular weight is 282 g/mol. The second kappa shape index (κ2) is 6.13. The van der Waals surface area contributed by atoms with Crippen molar-refractivity contribution >= 4 is 11.6 Å². The summed E-state index contributed by atoms with van der Waals surface area (Å²) >= 11 is 5.51. The minimum atomic E-state index is -0.645. The second-order valence-corrected chi connectivity index (χ2v) is 4.83. The number of nitrogens with two attached hydrogens (primary N) is 1. The van der Waals surface area contributed by atoms with Gasteiger partial charge in [0, 0.05) is 11.6 Å². The molecule has 4 heteroatoms. The van der Waals surface area contributed by atoms with E-state index in [2.05, 4.69) is 0 Å². The Morgan fingerprint density at radius 1 is 1.05 bits per heavy atom. The Hall–Kier alpha value is -1.45. The van der Waals surface area contributed by atoms with Crippen LogP contribution in [0.15, 0.2) is 42.5 Å². The molecule has 2 aromatic rings. The first kappa shape index (κ1) is 14.0. The van der Waals surface area contributed by atoms with E-state index in [4.69, 9.17) is 17.3 Å². The van der Waals surface area contributed by atoms with E-state index in [0.29, 0.717) is 12.8 Å². The fourth-order valence-electron chi connectivity index (χ4n) is 1.94. The van der Waals surface area contributed by atoms with Crippen LogP contribution in [0.5, 0.6) is 0 Å². The van der Waals surface area contributed by atoms with Gasteiger partial charge in [-0.3, -0.25) is 0 Å². The Kier molecular flexibility index (Phi) is 4.51. The maximum atomic E-state index is 13.7. The van der Waals surface area contributed by atoms with E-state index in [1.165, 1.54) is 0 Å². The Labute approximate surface area is 116 Å². The molecule has 0 aliphatic rings. The predicted octanol–water partition coefficient (Wildman–Crippen LogP) is 4.25. The number of benzene rings is 2. The average Bonchev–Trinajstić information content (AvgIpc) is 2.41. The van der Waals surface area contributed by atoms with Crippen LogP contribution in [-0.4, -0.2) is 0 Å². The zero-order valence-electron chi connectivity index (χ0n) is 10.2. The van der Waals surface area contributed by atoms with E-state index in [9.17, 15) is 8.78 Å². The zero-order valence-corrected chi connectivity index (χ0v) is 11.0. The van der Waals surface area contributed by atoms with Gasteiger partial charge in [0.05, 0.1) is 5.02 Å². The van der Waals surface area contributed by atoms with Gasteiger partial charge < -0.3 is 5.73 Å².